The summed E-state index contributed by atoms with van der Waals surface area (Å²) in [5, 5.41) is 12.5. The van der Waals surface area contributed by atoms with E-state index in [2.05, 4.69) is 42.6 Å². The molecule has 0 aromatic heterocycles. The minimum atomic E-state index is -0.488. The van der Waals surface area contributed by atoms with Crippen LogP contribution in [0.3, 0.4) is 0 Å². The first-order valence-corrected chi connectivity index (χ1v) is 9.64. The van der Waals surface area contributed by atoms with E-state index < -0.39 is 5.41 Å². The second kappa shape index (κ2) is 8.26. The largest absolute Gasteiger partial charge is 0.492 e. The van der Waals surface area contributed by atoms with E-state index in [1.54, 1.807) is 12.1 Å². The standard InChI is InChI=1S/C23H26N2O2/c1-3-14-27-21-11-10-20(15-18(21)16-24)25-22(26)23(12-4-5-13-23)19-8-6-17(2)7-9-19/h6-11,15H,3-5,12-14H2,1-2H3,(H,25,26). The number of hydrogen-bond acceptors (Lipinski definition) is 3. The van der Waals surface area contributed by atoms with Crippen LogP contribution in [0.5, 0.6) is 5.75 Å². The Morgan fingerprint density at radius 1 is 1.19 bits per heavy atom. The van der Waals surface area contributed by atoms with E-state index >= 15 is 0 Å². The van der Waals surface area contributed by atoms with Crippen LogP contribution >= 0.6 is 0 Å². The quantitative estimate of drug-likeness (QED) is 0.777. The van der Waals surface area contributed by atoms with Gasteiger partial charge >= 0.3 is 0 Å². The smallest absolute Gasteiger partial charge is 0.235 e. The summed E-state index contributed by atoms with van der Waals surface area (Å²) in [6.07, 6.45) is 4.68. The van der Waals surface area contributed by atoms with E-state index in [-0.39, 0.29) is 5.91 Å². The number of nitrogens with zero attached hydrogens (tertiary/aromatic N) is 1. The summed E-state index contributed by atoms with van der Waals surface area (Å²) in [5.74, 6) is 0.571. The maximum Gasteiger partial charge on any atom is 0.235 e. The maximum atomic E-state index is 13.3. The third kappa shape index (κ3) is 3.98. The van der Waals surface area contributed by atoms with Crippen LogP contribution in [0.1, 0.15) is 55.7 Å². The molecule has 1 aliphatic carbocycles. The number of aryl methyl sites for hydroxylation is 1. The zero-order valence-corrected chi connectivity index (χ0v) is 16.0. The number of nitriles is 1. The summed E-state index contributed by atoms with van der Waals surface area (Å²) < 4.78 is 5.60. The van der Waals surface area contributed by atoms with E-state index in [1.807, 2.05) is 13.0 Å². The molecule has 0 saturated heterocycles. The topological polar surface area (TPSA) is 62.1 Å². The average Bonchev–Trinajstić information content (AvgIpc) is 3.18. The van der Waals surface area contributed by atoms with Gasteiger partial charge in [-0.1, -0.05) is 49.6 Å². The van der Waals surface area contributed by atoms with Gasteiger partial charge in [-0.15, -0.1) is 0 Å². The molecule has 1 fully saturated rings. The van der Waals surface area contributed by atoms with Gasteiger partial charge in [0.25, 0.3) is 0 Å². The van der Waals surface area contributed by atoms with Crippen molar-refractivity contribution >= 4 is 11.6 Å². The van der Waals surface area contributed by atoms with Gasteiger partial charge in [-0.3, -0.25) is 4.79 Å². The maximum absolute atomic E-state index is 13.3. The van der Waals surface area contributed by atoms with Crippen LogP contribution in [0.4, 0.5) is 5.69 Å². The van der Waals surface area contributed by atoms with Crippen LogP contribution in [0.25, 0.3) is 0 Å². The molecule has 3 rings (SSSR count). The van der Waals surface area contributed by atoms with Crippen LogP contribution < -0.4 is 10.1 Å². The molecular weight excluding hydrogens is 336 g/mol. The first kappa shape index (κ1) is 19.0. The molecule has 0 spiro atoms. The summed E-state index contributed by atoms with van der Waals surface area (Å²) in [7, 11) is 0. The summed E-state index contributed by atoms with van der Waals surface area (Å²) >= 11 is 0. The number of rotatable bonds is 6. The zero-order valence-electron chi connectivity index (χ0n) is 16.0. The van der Waals surface area contributed by atoms with Crippen LogP contribution in [-0.4, -0.2) is 12.5 Å². The van der Waals surface area contributed by atoms with Gasteiger partial charge in [-0.05, 0) is 49.9 Å². The predicted molar refractivity (Wildman–Crippen MR) is 107 cm³/mol. The Labute approximate surface area is 161 Å². The minimum absolute atomic E-state index is 0.00923. The molecular formula is C23H26N2O2. The number of carbonyl (C=O) groups excluding carboxylic acids is 1. The van der Waals surface area contributed by atoms with Crippen molar-refractivity contribution in [3.8, 4) is 11.8 Å². The molecule has 0 radical (unpaired) electrons. The van der Waals surface area contributed by atoms with Crippen molar-refractivity contribution in [2.45, 2.75) is 51.4 Å². The highest BCUT2D eigenvalue weighted by molar-refractivity contribution is 5.99. The van der Waals surface area contributed by atoms with E-state index in [4.69, 9.17) is 4.74 Å². The SMILES string of the molecule is CCCOc1ccc(NC(=O)C2(c3ccc(C)cc3)CCCC2)cc1C#N. The Morgan fingerprint density at radius 2 is 1.89 bits per heavy atom. The van der Waals surface area contributed by atoms with Gasteiger partial charge in [0.2, 0.25) is 5.91 Å². The number of carbonyl (C=O) groups is 1. The molecule has 1 aliphatic rings. The molecule has 0 unspecified atom stereocenters. The van der Waals surface area contributed by atoms with Crippen molar-refractivity contribution in [2.24, 2.45) is 0 Å². The Balaban J connectivity index is 1.84. The molecule has 0 bridgehead atoms. The van der Waals surface area contributed by atoms with Crippen molar-refractivity contribution in [1.29, 1.82) is 5.26 Å². The lowest BCUT2D eigenvalue weighted by Gasteiger charge is -2.28. The van der Waals surface area contributed by atoms with Gasteiger partial charge in [-0.25, -0.2) is 0 Å². The fourth-order valence-electron chi connectivity index (χ4n) is 3.78. The summed E-state index contributed by atoms with van der Waals surface area (Å²) in [5.41, 5.74) is 2.86. The Hall–Kier alpha value is -2.80. The van der Waals surface area contributed by atoms with Crippen molar-refractivity contribution in [3.63, 3.8) is 0 Å². The van der Waals surface area contributed by atoms with Crippen LogP contribution in [-0.2, 0) is 10.2 Å². The van der Waals surface area contributed by atoms with E-state index in [1.165, 1.54) is 5.56 Å². The van der Waals surface area contributed by atoms with Gasteiger partial charge < -0.3 is 10.1 Å². The second-order valence-electron chi connectivity index (χ2n) is 7.28. The summed E-state index contributed by atoms with van der Waals surface area (Å²) in [4.78, 5) is 13.3. The molecule has 0 atom stereocenters. The van der Waals surface area contributed by atoms with Crippen LogP contribution in [0, 0.1) is 18.3 Å². The lowest BCUT2D eigenvalue weighted by atomic mass is 9.77. The van der Waals surface area contributed by atoms with Gasteiger partial charge in [-0.2, -0.15) is 5.26 Å². The Morgan fingerprint density at radius 3 is 2.52 bits per heavy atom. The number of anilines is 1. The van der Waals surface area contributed by atoms with Gasteiger partial charge in [0.1, 0.15) is 11.8 Å². The lowest BCUT2D eigenvalue weighted by Crippen LogP contribution is -2.38. The monoisotopic (exact) mass is 362 g/mol. The number of benzene rings is 2. The first-order valence-electron chi connectivity index (χ1n) is 9.64. The number of nitrogens with one attached hydrogen (secondary N) is 1. The molecule has 4 nitrogen and oxygen atoms in total. The molecule has 140 valence electrons. The number of amides is 1. The molecule has 1 saturated carbocycles. The van der Waals surface area contributed by atoms with Gasteiger partial charge in [0.05, 0.1) is 17.6 Å². The van der Waals surface area contributed by atoms with Crippen molar-refractivity contribution in [2.75, 3.05) is 11.9 Å². The number of hydrogen-bond donors (Lipinski definition) is 1. The fourth-order valence-corrected chi connectivity index (χ4v) is 3.78. The average molecular weight is 362 g/mol. The zero-order chi connectivity index (χ0) is 19.3. The summed E-state index contributed by atoms with van der Waals surface area (Å²) in [6.45, 7) is 4.64. The molecule has 27 heavy (non-hydrogen) atoms. The Kier molecular flexibility index (Phi) is 5.81. The van der Waals surface area contributed by atoms with E-state index in [0.29, 0.717) is 23.6 Å². The van der Waals surface area contributed by atoms with Gasteiger partial charge in [0, 0.05) is 5.69 Å². The first-order chi connectivity index (χ1) is 13.1. The Bertz CT molecular complexity index is 844. The molecule has 1 N–H and O–H groups in total. The second-order valence-corrected chi connectivity index (χ2v) is 7.28. The molecule has 2 aromatic rings. The molecule has 1 amide bonds. The third-order valence-electron chi connectivity index (χ3n) is 5.32. The van der Waals surface area contributed by atoms with Crippen LogP contribution in [0.15, 0.2) is 42.5 Å². The summed E-state index contributed by atoms with van der Waals surface area (Å²) in [6, 6.07) is 15.7. The van der Waals surface area contributed by atoms with Gasteiger partial charge in [0.15, 0.2) is 0 Å². The third-order valence-corrected chi connectivity index (χ3v) is 5.32. The van der Waals surface area contributed by atoms with Crippen molar-refractivity contribution in [1.82, 2.24) is 0 Å². The molecule has 0 heterocycles. The van der Waals surface area contributed by atoms with E-state index in [0.717, 1.165) is 37.7 Å². The van der Waals surface area contributed by atoms with E-state index in [9.17, 15) is 10.1 Å². The lowest BCUT2D eigenvalue weighted by molar-refractivity contribution is -0.121. The van der Waals surface area contributed by atoms with Crippen molar-refractivity contribution < 1.29 is 9.53 Å². The van der Waals surface area contributed by atoms with Crippen LogP contribution in [0.2, 0.25) is 0 Å². The minimum Gasteiger partial charge on any atom is -0.492 e. The molecule has 2 aromatic carbocycles. The fraction of sp³-hybridized carbons (Fsp3) is 0.391. The number of ether oxygens (including phenoxy) is 1. The van der Waals surface area contributed by atoms with Crippen molar-refractivity contribution in [3.05, 3.63) is 59.2 Å². The normalized spacial score (nSPS) is 15.1. The highest BCUT2D eigenvalue weighted by Gasteiger charge is 2.42. The highest BCUT2D eigenvalue weighted by Crippen LogP contribution is 2.42. The highest BCUT2D eigenvalue weighted by atomic mass is 16.5. The predicted octanol–water partition coefficient (Wildman–Crippen LogP) is 5.11. The molecule has 0 aliphatic heterocycles. The molecule has 4 heteroatoms.